The summed E-state index contributed by atoms with van der Waals surface area (Å²) in [7, 11) is 0. The number of aromatic nitrogens is 5. The topological polar surface area (TPSA) is 48.5 Å². The van der Waals surface area contributed by atoms with Crippen LogP contribution in [-0.4, -0.2) is 24.1 Å². The Bertz CT molecular complexity index is 3240. The quantitative estimate of drug-likeness (QED) is 0.172. The lowest BCUT2D eigenvalue weighted by molar-refractivity contribution is 0.954. The molecular weight excluding hydrogens is 683 g/mol. The van der Waals surface area contributed by atoms with Crippen LogP contribution in [0.1, 0.15) is 0 Å². The molecule has 8 aromatic carbocycles. The van der Waals surface area contributed by atoms with E-state index in [0.717, 1.165) is 60.8 Å². The lowest BCUT2D eigenvalue weighted by atomic mass is 9.99. The molecule has 0 N–H and O–H groups in total. The van der Waals surface area contributed by atoms with Crippen LogP contribution in [0, 0.1) is 0 Å². The van der Waals surface area contributed by atoms with Crippen LogP contribution >= 0.6 is 0 Å². The molecular formula is C51H33N5. The highest BCUT2D eigenvalue weighted by Crippen LogP contribution is 2.43. The van der Waals surface area contributed by atoms with Gasteiger partial charge in [-0.25, -0.2) is 4.98 Å². The van der Waals surface area contributed by atoms with Crippen molar-refractivity contribution in [2.24, 2.45) is 0 Å². The molecule has 11 aromatic rings. The Kier molecular flexibility index (Phi) is 7.42. The van der Waals surface area contributed by atoms with Crippen molar-refractivity contribution < 1.29 is 0 Å². The Labute approximate surface area is 323 Å². The molecule has 0 fully saturated rings. The van der Waals surface area contributed by atoms with E-state index in [0.29, 0.717) is 17.6 Å². The van der Waals surface area contributed by atoms with Gasteiger partial charge in [-0.3, -0.25) is 4.57 Å². The summed E-state index contributed by atoms with van der Waals surface area (Å²) in [5, 5.41) is 4.67. The number of fused-ring (bicyclic) bond motifs is 7. The first-order chi connectivity index (χ1) is 27.8. The monoisotopic (exact) mass is 715 g/mol. The highest BCUT2D eigenvalue weighted by Gasteiger charge is 2.24. The van der Waals surface area contributed by atoms with Crippen LogP contribution in [0.3, 0.4) is 0 Å². The van der Waals surface area contributed by atoms with Gasteiger partial charge in [-0.2, -0.15) is 9.97 Å². The molecule has 0 radical (unpaired) electrons. The van der Waals surface area contributed by atoms with Gasteiger partial charge in [0.05, 0.1) is 27.8 Å². The Hall–Kier alpha value is -7.63. The van der Waals surface area contributed by atoms with E-state index in [-0.39, 0.29) is 0 Å². The largest absolute Gasteiger partial charge is 0.308 e. The van der Waals surface area contributed by atoms with E-state index >= 15 is 0 Å². The minimum absolute atomic E-state index is 0.564. The lowest BCUT2D eigenvalue weighted by Crippen LogP contribution is -2.07. The maximum Gasteiger partial charge on any atom is 0.238 e. The average Bonchev–Trinajstić information content (AvgIpc) is 3.80. The van der Waals surface area contributed by atoms with Crippen LogP contribution < -0.4 is 0 Å². The molecule has 0 aliphatic heterocycles. The SMILES string of the molecule is c1ccc(-c2nc(-c3ccccc3-c3ccccc3)nc(-n3c4ccccc4c4c3ccc3c5ccccc5n(-c5ccccc5-c5ccccc5)c34)n2)cc1. The number of rotatable bonds is 6. The van der Waals surface area contributed by atoms with Crippen molar-refractivity contribution in [1.82, 2.24) is 24.1 Å². The van der Waals surface area contributed by atoms with Crippen LogP contribution in [0.5, 0.6) is 0 Å². The summed E-state index contributed by atoms with van der Waals surface area (Å²) in [4.78, 5) is 15.8. The first-order valence-corrected chi connectivity index (χ1v) is 18.9. The second-order valence-electron chi connectivity index (χ2n) is 14.0. The maximum absolute atomic E-state index is 5.35. The molecule has 5 nitrogen and oxygen atoms in total. The van der Waals surface area contributed by atoms with Crippen molar-refractivity contribution >= 4 is 43.6 Å². The van der Waals surface area contributed by atoms with Crippen LogP contribution in [0.2, 0.25) is 0 Å². The molecule has 11 rings (SSSR count). The molecule has 3 heterocycles. The molecule has 0 aliphatic rings. The van der Waals surface area contributed by atoms with Gasteiger partial charge in [-0.05, 0) is 41.0 Å². The van der Waals surface area contributed by atoms with E-state index in [2.05, 4.69) is 185 Å². The second-order valence-corrected chi connectivity index (χ2v) is 14.0. The van der Waals surface area contributed by atoms with E-state index in [4.69, 9.17) is 15.0 Å². The van der Waals surface area contributed by atoms with Crippen molar-refractivity contribution in [3.05, 3.63) is 200 Å². The third-order valence-electron chi connectivity index (χ3n) is 10.8. The van der Waals surface area contributed by atoms with Gasteiger partial charge >= 0.3 is 0 Å². The predicted molar refractivity (Wildman–Crippen MR) is 230 cm³/mol. The second kappa shape index (κ2) is 13.0. The summed E-state index contributed by atoms with van der Waals surface area (Å²) >= 11 is 0. The van der Waals surface area contributed by atoms with Crippen molar-refractivity contribution in [2.45, 2.75) is 0 Å². The first-order valence-electron chi connectivity index (χ1n) is 18.9. The summed E-state index contributed by atoms with van der Waals surface area (Å²) in [6.45, 7) is 0. The van der Waals surface area contributed by atoms with Crippen LogP contribution in [0.4, 0.5) is 0 Å². The predicted octanol–water partition coefficient (Wildman–Crippen LogP) is 12.7. The molecule has 0 atom stereocenters. The fraction of sp³-hybridized carbons (Fsp3) is 0. The summed E-state index contributed by atoms with van der Waals surface area (Å²) in [5.41, 5.74) is 11.9. The van der Waals surface area contributed by atoms with Crippen molar-refractivity contribution in [1.29, 1.82) is 0 Å². The van der Waals surface area contributed by atoms with E-state index in [1.165, 1.54) is 21.9 Å². The minimum atomic E-state index is 0.564. The first kappa shape index (κ1) is 31.9. The fourth-order valence-corrected chi connectivity index (χ4v) is 8.35. The molecule has 262 valence electrons. The lowest BCUT2D eigenvalue weighted by Gasteiger charge is -2.15. The van der Waals surface area contributed by atoms with Gasteiger partial charge in [-0.1, -0.05) is 176 Å². The Morgan fingerprint density at radius 3 is 1.54 bits per heavy atom. The van der Waals surface area contributed by atoms with Gasteiger partial charge in [-0.15, -0.1) is 0 Å². The summed E-state index contributed by atoms with van der Waals surface area (Å²) in [5.74, 6) is 1.80. The number of benzene rings is 8. The fourth-order valence-electron chi connectivity index (χ4n) is 8.35. The van der Waals surface area contributed by atoms with E-state index in [1.807, 2.05) is 24.3 Å². The third kappa shape index (κ3) is 5.06. The zero-order valence-electron chi connectivity index (χ0n) is 30.3. The van der Waals surface area contributed by atoms with Crippen molar-refractivity contribution in [3.8, 4) is 56.7 Å². The Morgan fingerprint density at radius 1 is 0.304 bits per heavy atom. The Morgan fingerprint density at radius 2 is 0.821 bits per heavy atom. The molecule has 5 heteroatoms. The van der Waals surface area contributed by atoms with Gasteiger partial charge < -0.3 is 4.57 Å². The highest BCUT2D eigenvalue weighted by atomic mass is 15.2. The molecule has 0 unspecified atom stereocenters. The molecule has 0 bridgehead atoms. The number of nitrogens with zero attached hydrogens (tertiary/aromatic N) is 5. The Balaban J connectivity index is 1.25. The van der Waals surface area contributed by atoms with E-state index < -0.39 is 0 Å². The van der Waals surface area contributed by atoms with Crippen LogP contribution in [0.25, 0.3) is 100 Å². The molecule has 0 saturated heterocycles. The molecule has 0 spiro atoms. The van der Waals surface area contributed by atoms with E-state index in [9.17, 15) is 0 Å². The van der Waals surface area contributed by atoms with Crippen molar-refractivity contribution in [2.75, 3.05) is 0 Å². The van der Waals surface area contributed by atoms with Crippen molar-refractivity contribution in [3.63, 3.8) is 0 Å². The van der Waals surface area contributed by atoms with Crippen LogP contribution in [0.15, 0.2) is 200 Å². The average molecular weight is 716 g/mol. The molecule has 3 aromatic heterocycles. The van der Waals surface area contributed by atoms with E-state index in [1.54, 1.807) is 0 Å². The normalized spacial score (nSPS) is 11.6. The van der Waals surface area contributed by atoms with Gasteiger partial charge in [0.15, 0.2) is 11.6 Å². The van der Waals surface area contributed by atoms with Gasteiger partial charge in [0.25, 0.3) is 0 Å². The molecule has 0 aliphatic carbocycles. The number of para-hydroxylation sites is 3. The third-order valence-corrected chi connectivity index (χ3v) is 10.8. The van der Waals surface area contributed by atoms with Gasteiger partial charge in [0.1, 0.15) is 0 Å². The summed E-state index contributed by atoms with van der Waals surface area (Å²) in [6.07, 6.45) is 0. The van der Waals surface area contributed by atoms with Gasteiger partial charge in [0, 0.05) is 38.2 Å². The smallest absolute Gasteiger partial charge is 0.238 e. The maximum atomic E-state index is 5.35. The highest BCUT2D eigenvalue weighted by molar-refractivity contribution is 6.26. The zero-order chi connectivity index (χ0) is 37.0. The molecule has 56 heavy (non-hydrogen) atoms. The standard InChI is InChI=1S/C51H33N5/c1-4-18-34(19-5-1)37-24-10-11-27-41(37)50-52-49(36-22-8-3-9-23-36)53-51(54-50)56-45-31-17-14-28-42(45)47-46(56)33-32-40-39-26-13-16-30-44(39)55(48(40)47)43-29-15-12-25-38(43)35-20-6-2-7-21-35/h1-33H. The number of hydrogen-bond acceptors (Lipinski definition) is 3. The summed E-state index contributed by atoms with van der Waals surface area (Å²) in [6, 6.07) is 70.2. The molecule has 0 saturated carbocycles. The van der Waals surface area contributed by atoms with Crippen LogP contribution in [-0.2, 0) is 0 Å². The summed E-state index contributed by atoms with van der Waals surface area (Å²) < 4.78 is 4.68. The van der Waals surface area contributed by atoms with Gasteiger partial charge in [0.2, 0.25) is 5.95 Å². The zero-order valence-corrected chi connectivity index (χ0v) is 30.3. The molecule has 0 amide bonds. The minimum Gasteiger partial charge on any atom is -0.308 e. The number of hydrogen-bond donors (Lipinski definition) is 0.